The van der Waals surface area contributed by atoms with Crippen LogP contribution in [0, 0.1) is 0 Å². The zero-order valence-electron chi connectivity index (χ0n) is 12.3. The first-order valence-corrected chi connectivity index (χ1v) is 8.83. The average molecular weight is 379 g/mol. The van der Waals surface area contributed by atoms with Crippen molar-refractivity contribution >= 4 is 21.7 Å². The Bertz CT molecular complexity index is 819. The third-order valence-corrected chi connectivity index (χ3v) is 4.93. The molecule has 0 aliphatic rings. The number of hydrogen-bond donors (Lipinski definition) is 1. The van der Waals surface area contributed by atoms with Crippen LogP contribution in [0.1, 0.15) is 23.7 Å². The molecule has 0 amide bonds. The van der Waals surface area contributed by atoms with E-state index in [0.29, 0.717) is 16.1 Å². The second-order valence-corrected chi connectivity index (χ2v) is 7.33. The molecule has 0 spiro atoms. The minimum absolute atomic E-state index is 0.0965. The lowest BCUT2D eigenvalue weighted by molar-refractivity contribution is -0.135. The first kappa shape index (κ1) is 18.8. The molecule has 0 saturated heterocycles. The number of alkyl halides is 3. The molecule has 24 heavy (non-hydrogen) atoms. The van der Waals surface area contributed by atoms with E-state index in [9.17, 15) is 26.1 Å². The molecule has 1 atom stereocenters. The third-order valence-electron chi connectivity index (χ3n) is 3.47. The van der Waals surface area contributed by atoms with Crippen LogP contribution in [0.4, 0.5) is 13.2 Å². The van der Waals surface area contributed by atoms with E-state index in [-0.39, 0.29) is 5.56 Å². The van der Waals surface area contributed by atoms with E-state index >= 15 is 0 Å². The molecule has 0 aliphatic heterocycles. The molecular formula is C16H14ClF3O3S. The standard InChI is InChI=1S/C16H14ClF3O3S/c17-14-6-2-4-12(10-14)11-3-1-5-13(9-11)15(24(21,22)23)7-8-16(18,19)20/h1-6,9-10,15H,7-8H2,(H,21,22,23). The van der Waals surface area contributed by atoms with E-state index in [2.05, 4.69) is 0 Å². The normalized spacial score (nSPS) is 13.7. The Labute approximate surface area is 142 Å². The lowest BCUT2D eigenvalue weighted by Gasteiger charge is -2.16. The van der Waals surface area contributed by atoms with Gasteiger partial charge in [0.2, 0.25) is 0 Å². The van der Waals surface area contributed by atoms with Crippen molar-refractivity contribution in [2.45, 2.75) is 24.3 Å². The number of hydrogen-bond acceptors (Lipinski definition) is 2. The highest BCUT2D eigenvalue weighted by Gasteiger charge is 2.33. The summed E-state index contributed by atoms with van der Waals surface area (Å²) >= 11 is 5.91. The van der Waals surface area contributed by atoms with E-state index in [1.54, 1.807) is 30.3 Å². The van der Waals surface area contributed by atoms with Crippen molar-refractivity contribution in [1.82, 2.24) is 0 Å². The van der Waals surface area contributed by atoms with Gasteiger partial charge >= 0.3 is 6.18 Å². The van der Waals surface area contributed by atoms with E-state index in [4.69, 9.17) is 11.6 Å². The molecule has 0 radical (unpaired) electrons. The molecule has 130 valence electrons. The van der Waals surface area contributed by atoms with Crippen molar-refractivity contribution in [3.8, 4) is 11.1 Å². The van der Waals surface area contributed by atoms with Gasteiger partial charge in [-0.15, -0.1) is 0 Å². The van der Waals surface area contributed by atoms with Crippen molar-refractivity contribution < 1.29 is 26.1 Å². The summed E-state index contributed by atoms with van der Waals surface area (Å²) in [5, 5.41) is -1.17. The lowest BCUT2D eigenvalue weighted by Crippen LogP contribution is -2.16. The predicted octanol–water partition coefficient (Wildman–Crippen LogP) is 5.28. The van der Waals surface area contributed by atoms with Gasteiger partial charge in [0.1, 0.15) is 5.25 Å². The predicted molar refractivity (Wildman–Crippen MR) is 86.5 cm³/mol. The van der Waals surface area contributed by atoms with Gasteiger partial charge in [-0.2, -0.15) is 21.6 Å². The van der Waals surface area contributed by atoms with E-state index in [1.165, 1.54) is 18.2 Å². The minimum Gasteiger partial charge on any atom is -0.285 e. The van der Waals surface area contributed by atoms with Crippen LogP contribution in [0.25, 0.3) is 11.1 Å². The monoisotopic (exact) mass is 378 g/mol. The molecule has 2 aromatic rings. The summed E-state index contributed by atoms with van der Waals surface area (Å²) < 4.78 is 69.6. The maximum Gasteiger partial charge on any atom is 0.389 e. The van der Waals surface area contributed by atoms with Crippen LogP contribution in [0.2, 0.25) is 5.02 Å². The van der Waals surface area contributed by atoms with Gasteiger partial charge < -0.3 is 0 Å². The average Bonchev–Trinajstić information content (AvgIpc) is 2.45. The van der Waals surface area contributed by atoms with Gasteiger partial charge in [0.15, 0.2) is 0 Å². The molecule has 0 bridgehead atoms. The largest absolute Gasteiger partial charge is 0.389 e. The number of benzene rings is 2. The lowest BCUT2D eigenvalue weighted by atomic mass is 10.00. The van der Waals surface area contributed by atoms with Crippen molar-refractivity contribution in [2.24, 2.45) is 0 Å². The highest BCUT2D eigenvalue weighted by molar-refractivity contribution is 7.86. The molecule has 1 unspecified atom stereocenters. The van der Waals surface area contributed by atoms with Gasteiger partial charge in [-0.1, -0.05) is 41.9 Å². The fraction of sp³-hybridized carbons (Fsp3) is 0.250. The first-order valence-electron chi connectivity index (χ1n) is 6.95. The Balaban J connectivity index is 2.39. The van der Waals surface area contributed by atoms with Crippen molar-refractivity contribution in [3.05, 3.63) is 59.1 Å². The van der Waals surface area contributed by atoms with E-state index < -0.39 is 34.4 Å². The summed E-state index contributed by atoms with van der Waals surface area (Å²) in [6.07, 6.45) is -6.56. The van der Waals surface area contributed by atoms with E-state index in [0.717, 1.165) is 0 Å². The third kappa shape index (κ3) is 5.22. The second kappa shape index (κ2) is 7.13. The minimum atomic E-state index is -4.67. The Kier molecular flexibility index (Phi) is 5.57. The summed E-state index contributed by atoms with van der Waals surface area (Å²) in [6.45, 7) is 0. The fourth-order valence-electron chi connectivity index (χ4n) is 2.37. The van der Waals surface area contributed by atoms with Crippen molar-refractivity contribution in [1.29, 1.82) is 0 Å². The van der Waals surface area contributed by atoms with Crippen molar-refractivity contribution in [2.75, 3.05) is 0 Å². The molecule has 3 nitrogen and oxygen atoms in total. The van der Waals surface area contributed by atoms with Crippen LogP contribution in [-0.4, -0.2) is 19.1 Å². The van der Waals surface area contributed by atoms with Crippen LogP contribution in [0.5, 0.6) is 0 Å². The topological polar surface area (TPSA) is 54.4 Å². The van der Waals surface area contributed by atoms with Crippen LogP contribution in [-0.2, 0) is 10.1 Å². The van der Waals surface area contributed by atoms with Crippen LogP contribution in [0.15, 0.2) is 48.5 Å². The molecule has 0 fully saturated rings. The Morgan fingerprint density at radius 2 is 1.62 bits per heavy atom. The molecule has 0 aliphatic carbocycles. The maximum atomic E-state index is 12.4. The van der Waals surface area contributed by atoms with Crippen LogP contribution >= 0.6 is 11.6 Å². The SMILES string of the molecule is O=S(=O)(O)C(CCC(F)(F)F)c1cccc(-c2cccc(Cl)c2)c1. The summed E-state index contributed by atoms with van der Waals surface area (Å²) in [5.74, 6) is 0. The van der Waals surface area contributed by atoms with Gasteiger partial charge in [-0.25, -0.2) is 0 Å². The molecule has 2 rings (SSSR count). The Hall–Kier alpha value is -1.57. The van der Waals surface area contributed by atoms with Gasteiger partial charge in [0.25, 0.3) is 10.1 Å². The van der Waals surface area contributed by atoms with Crippen molar-refractivity contribution in [3.63, 3.8) is 0 Å². The highest BCUT2D eigenvalue weighted by atomic mass is 35.5. The van der Waals surface area contributed by atoms with E-state index in [1.807, 2.05) is 0 Å². The molecular weight excluding hydrogens is 365 g/mol. The number of halogens is 4. The second-order valence-electron chi connectivity index (χ2n) is 5.29. The molecule has 0 saturated carbocycles. The molecule has 1 N–H and O–H groups in total. The zero-order chi connectivity index (χ0) is 18.0. The first-order chi connectivity index (χ1) is 11.1. The van der Waals surface area contributed by atoms with Gasteiger partial charge in [0.05, 0.1) is 0 Å². The zero-order valence-corrected chi connectivity index (χ0v) is 13.9. The molecule has 2 aromatic carbocycles. The van der Waals surface area contributed by atoms with Crippen LogP contribution in [0.3, 0.4) is 0 Å². The molecule has 8 heteroatoms. The van der Waals surface area contributed by atoms with Crippen LogP contribution < -0.4 is 0 Å². The van der Waals surface area contributed by atoms with Gasteiger partial charge in [-0.05, 0) is 41.3 Å². The fourth-order valence-corrected chi connectivity index (χ4v) is 3.47. The summed E-state index contributed by atoms with van der Waals surface area (Å²) in [7, 11) is -4.67. The highest BCUT2D eigenvalue weighted by Crippen LogP contribution is 2.34. The smallest absolute Gasteiger partial charge is 0.285 e. The molecule has 0 aromatic heterocycles. The summed E-state index contributed by atoms with van der Waals surface area (Å²) in [5.41, 5.74) is 1.38. The molecule has 0 heterocycles. The Morgan fingerprint density at radius 3 is 2.17 bits per heavy atom. The Morgan fingerprint density at radius 1 is 1.04 bits per heavy atom. The van der Waals surface area contributed by atoms with Gasteiger partial charge in [-0.3, -0.25) is 4.55 Å². The summed E-state index contributed by atoms with van der Waals surface area (Å²) in [6, 6.07) is 12.8. The number of rotatable bonds is 5. The van der Waals surface area contributed by atoms with Gasteiger partial charge in [0, 0.05) is 11.4 Å². The summed E-state index contributed by atoms with van der Waals surface area (Å²) in [4.78, 5) is 0. The maximum absolute atomic E-state index is 12.4. The quantitative estimate of drug-likeness (QED) is 0.720.